The molecule has 0 saturated heterocycles. The zero-order chi connectivity index (χ0) is 72.0. The van der Waals surface area contributed by atoms with Crippen molar-refractivity contribution in [2.75, 3.05) is 0 Å². The van der Waals surface area contributed by atoms with E-state index < -0.39 is 85.2 Å². The van der Waals surface area contributed by atoms with Gasteiger partial charge in [0.1, 0.15) is 21.1 Å². The van der Waals surface area contributed by atoms with E-state index in [1.165, 1.54) is 68.2 Å². The molecule has 0 amide bonds. The van der Waals surface area contributed by atoms with E-state index in [1.807, 2.05) is 24.6 Å². The molecule has 0 spiro atoms. The van der Waals surface area contributed by atoms with Crippen molar-refractivity contribution >= 4 is 0 Å². The van der Waals surface area contributed by atoms with Gasteiger partial charge in [-0.2, -0.15) is 0 Å². The number of aryl methyl sites for hydroxylation is 13. The van der Waals surface area contributed by atoms with Gasteiger partial charge in [0.2, 0.25) is 17.1 Å². The minimum atomic E-state index is -2.88. The van der Waals surface area contributed by atoms with Gasteiger partial charge in [-0.1, -0.05) is 73.3 Å². The van der Waals surface area contributed by atoms with Gasteiger partial charge < -0.3 is 0 Å². The van der Waals surface area contributed by atoms with Gasteiger partial charge in [0.25, 0.3) is 0 Å². The Balaban J connectivity index is 0.000000298. The van der Waals surface area contributed by atoms with Crippen molar-refractivity contribution in [3.63, 3.8) is 0 Å². The highest BCUT2D eigenvalue weighted by atomic mass is 14.9. The second kappa shape index (κ2) is 20.3. The Hall–Kier alpha value is -4.89. The summed E-state index contributed by atoms with van der Waals surface area (Å²) in [7, 11) is 5.01. The van der Waals surface area contributed by atoms with Crippen molar-refractivity contribution in [2.45, 2.75) is 148 Å². The Kier molecular flexibility index (Phi) is 6.99. The van der Waals surface area contributed by atoms with Crippen LogP contribution in [0.4, 0.5) is 0 Å². The fourth-order valence-electron chi connectivity index (χ4n) is 7.00. The van der Waals surface area contributed by atoms with Crippen LogP contribution in [-0.2, 0) is 21.1 Å². The van der Waals surface area contributed by atoms with Gasteiger partial charge in [-0.15, -0.1) is 0 Å². The van der Waals surface area contributed by atoms with Crippen LogP contribution in [0.15, 0.2) is 79.3 Å². The molecule has 4 unspecified atom stereocenters. The molecule has 0 aliphatic rings. The van der Waals surface area contributed by atoms with Crippen molar-refractivity contribution in [2.24, 2.45) is 21.1 Å². The monoisotopic (exact) mass is 850 g/mol. The topological polar surface area (TPSA) is 11.6 Å². The standard InChI is InChI=1S/C21H30N.C19H26N.C18H24N/c1-13(2)18-10-20(16(6)9-15(18)5)21-11-19(14(3)4)17(7)12-22(21)8;1-12(2)17-10-18(15(5)8-14(17)4)19-9-13(3)16(6)11-20(19)7;1-12(2)16-7-8-19(6)18(11-16)17-10-14(4)13(3)9-15(17)5/h9-14H,1-8H3;8-12H,1-7H3;7-12H,1-6H3/q3*+1/i1D3,3D3,5D3,7D3,13D,14D;1D3,4D3,6D3,12D;1D3,3D3,12D. The summed E-state index contributed by atoms with van der Waals surface area (Å²) < 4.78 is 249. The first kappa shape index (κ1) is 21.0. The lowest BCUT2D eigenvalue weighted by Crippen LogP contribution is -2.32. The molecule has 3 aromatic heterocycles. The molecule has 0 saturated carbocycles. The van der Waals surface area contributed by atoms with Crippen LogP contribution in [-0.4, -0.2) is 0 Å². The van der Waals surface area contributed by atoms with E-state index in [1.54, 1.807) is 69.8 Å². The largest absolute Gasteiger partial charge is 0.212 e. The molecular weight excluding hydrogens is 739 g/mol. The number of hydrogen-bond acceptors (Lipinski definition) is 0. The van der Waals surface area contributed by atoms with Crippen molar-refractivity contribution in [1.82, 2.24) is 0 Å². The Morgan fingerprint density at radius 3 is 1.30 bits per heavy atom. The number of nitrogens with zero attached hydrogens (tertiary/aromatic N) is 3. The predicted molar refractivity (Wildman–Crippen MR) is 263 cm³/mol. The molecular formula is C58H80N3+3. The lowest BCUT2D eigenvalue weighted by atomic mass is 9.90. The van der Waals surface area contributed by atoms with Gasteiger partial charge in [-0.3, -0.25) is 0 Å². The average molecular weight is 850 g/mol. The van der Waals surface area contributed by atoms with Crippen molar-refractivity contribution < 1.29 is 56.2 Å². The highest BCUT2D eigenvalue weighted by Gasteiger charge is 2.21. The lowest BCUT2D eigenvalue weighted by molar-refractivity contribution is -0.660. The predicted octanol–water partition coefficient (Wildman–Crippen LogP) is 14.1. The number of rotatable bonds is 7. The van der Waals surface area contributed by atoms with E-state index >= 15 is 0 Å². The lowest BCUT2D eigenvalue weighted by Gasteiger charge is -2.16. The Labute approximate surface area is 416 Å². The van der Waals surface area contributed by atoms with E-state index in [-0.39, 0.29) is 50.2 Å². The maximum Gasteiger partial charge on any atom is 0.212 e. The molecule has 3 nitrogen and oxygen atoms in total. The number of benzene rings is 3. The van der Waals surface area contributed by atoms with Gasteiger partial charge in [0.05, 0.1) is 0 Å². The molecule has 3 heteroatoms. The van der Waals surface area contributed by atoms with Crippen LogP contribution in [0.5, 0.6) is 0 Å². The minimum Gasteiger partial charge on any atom is -0.201 e. The van der Waals surface area contributed by atoms with Crippen LogP contribution >= 0.6 is 0 Å². The molecule has 4 atom stereocenters. The molecule has 3 aromatic carbocycles. The van der Waals surface area contributed by atoms with E-state index in [4.69, 9.17) is 42.5 Å². The fraction of sp³-hybridized carbons (Fsp3) is 0.431. The molecule has 6 rings (SSSR count). The number of aromatic nitrogens is 3. The van der Waals surface area contributed by atoms with Crippen LogP contribution in [0, 0.1) is 68.9 Å². The third-order valence-corrected chi connectivity index (χ3v) is 10.7. The van der Waals surface area contributed by atoms with Crippen LogP contribution in [0.3, 0.4) is 0 Å². The zero-order valence-electron chi connectivity index (χ0n) is 68.3. The van der Waals surface area contributed by atoms with Crippen LogP contribution in [0.1, 0.15) is 199 Å². The SMILES string of the molecule is [2H]C([2H])([2H])c1c[n+](C)c(-c2cc(C([2H])(C)C([2H])([2H])[2H])c(C([2H])([2H])[2H])cc2C)cc1C.[2H]C([2H])([2H])c1cc(C)c(-c2cc(C([2H])(C)C([2H])([2H])[2H])c(C([2H])([2H])[2H])c[n+]2C)cc1C([2H])(C)C([2H])([2H])[2H].[2H]C([2H])([2H])c1cc(C)c(-c2cc(C([2H])(C)C([2H])([2H])[2H])cc[n+]2C)cc1C. The zero-order valence-corrected chi connectivity index (χ0v) is 37.3. The second-order valence-corrected chi connectivity index (χ2v) is 15.8. The summed E-state index contributed by atoms with van der Waals surface area (Å²) >= 11 is 0. The highest BCUT2D eigenvalue weighted by molar-refractivity contribution is 5.66. The molecule has 0 aliphatic carbocycles. The molecule has 0 aliphatic heterocycles. The molecule has 6 aromatic rings. The number of hydrogen-bond donors (Lipinski definition) is 0. The maximum atomic E-state index is 8.56. The molecule has 3 heterocycles. The molecule has 0 N–H and O–H groups in total. The number of pyridine rings is 3. The maximum absolute atomic E-state index is 8.56. The quantitative estimate of drug-likeness (QED) is 0.142. The first-order chi connectivity index (χ1) is 40.7. The summed E-state index contributed by atoms with van der Waals surface area (Å²) in [5.74, 6) is -8.50. The Morgan fingerprint density at radius 1 is 0.393 bits per heavy atom. The van der Waals surface area contributed by atoms with Gasteiger partial charge in [-0.05, 0) is 177 Å². The van der Waals surface area contributed by atoms with E-state index in [2.05, 4.69) is 0 Å². The second-order valence-electron chi connectivity index (χ2n) is 15.8. The molecule has 324 valence electrons. The van der Waals surface area contributed by atoms with Crippen molar-refractivity contribution in [1.29, 1.82) is 0 Å². The summed E-state index contributed by atoms with van der Waals surface area (Å²) in [6.07, 6.45) is 4.43. The van der Waals surface area contributed by atoms with Gasteiger partial charge >= 0.3 is 0 Å². The third-order valence-electron chi connectivity index (χ3n) is 10.7. The van der Waals surface area contributed by atoms with E-state index in [0.717, 1.165) is 30.7 Å². The summed E-state index contributed by atoms with van der Waals surface area (Å²) in [6, 6.07) is 15.2. The molecule has 0 radical (unpaired) electrons. The van der Waals surface area contributed by atoms with Crippen LogP contribution < -0.4 is 13.7 Å². The molecule has 61 heavy (non-hydrogen) atoms. The summed E-state index contributed by atoms with van der Waals surface area (Å²) in [6.45, 7) is -10.1. The van der Waals surface area contributed by atoms with Crippen LogP contribution in [0.25, 0.3) is 33.8 Å². The minimum absolute atomic E-state index is 0.0966. The summed E-state index contributed by atoms with van der Waals surface area (Å²) in [5, 5.41) is 0. The van der Waals surface area contributed by atoms with E-state index in [0.29, 0.717) is 44.6 Å². The normalized spacial score (nSPS) is 24.5. The Morgan fingerprint density at radius 2 is 0.803 bits per heavy atom. The van der Waals surface area contributed by atoms with Gasteiger partial charge in [0.15, 0.2) is 18.6 Å². The van der Waals surface area contributed by atoms with Gasteiger partial charge in [-0.25, -0.2) is 13.7 Å². The molecule has 0 fully saturated rings. The Bertz CT molecular complexity index is 3620. The smallest absolute Gasteiger partial charge is 0.201 e. The summed E-state index contributed by atoms with van der Waals surface area (Å²) in [4.78, 5) is 0. The van der Waals surface area contributed by atoms with Crippen LogP contribution in [0.2, 0.25) is 0 Å². The van der Waals surface area contributed by atoms with Crippen molar-refractivity contribution in [3.8, 4) is 33.8 Å². The van der Waals surface area contributed by atoms with Gasteiger partial charge in [0, 0.05) is 94.6 Å². The van der Waals surface area contributed by atoms with Crippen molar-refractivity contribution in [3.05, 3.63) is 157 Å². The first-order valence-electron chi connectivity index (χ1n) is 35.2. The molecule has 0 bridgehead atoms. The highest BCUT2D eigenvalue weighted by Crippen LogP contribution is 2.32. The van der Waals surface area contributed by atoms with E-state index in [9.17, 15) is 0 Å². The first-order valence-corrected chi connectivity index (χ1v) is 19.7. The average Bonchev–Trinajstić information content (AvgIpc) is 0.753. The fourth-order valence-corrected chi connectivity index (χ4v) is 7.00. The summed E-state index contributed by atoms with van der Waals surface area (Å²) in [5.41, 5.74) is 5.64. The third kappa shape index (κ3) is 11.5.